The molecule has 1 heterocycles. The van der Waals surface area contributed by atoms with E-state index in [1.165, 1.54) is 20.0 Å². The van der Waals surface area contributed by atoms with E-state index in [1.807, 2.05) is 31.2 Å². The Balaban J connectivity index is 1.53. The highest BCUT2D eigenvalue weighted by atomic mass is 16.6. The van der Waals surface area contributed by atoms with Gasteiger partial charge in [-0.3, -0.25) is 4.79 Å². The first-order valence-electron chi connectivity index (χ1n) is 10.1. The molecule has 0 spiro atoms. The lowest BCUT2D eigenvalue weighted by molar-refractivity contribution is 0.0948. The van der Waals surface area contributed by atoms with Crippen molar-refractivity contribution in [3.05, 3.63) is 41.9 Å². The number of hydrogen-bond donors (Lipinski definition) is 1. The van der Waals surface area contributed by atoms with Crippen LogP contribution < -0.4 is 10.1 Å². The second kappa shape index (κ2) is 8.59. The van der Waals surface area contributed by atoms with Gasteiger partial charge in [-0.25, -0.2) is 9.97 Å². The molecule has 0 atom stereocenters. The highest BCUT2D eigenvalue weighted by molar-refractivity contribution is 5.97. The summed E-state index contributed by atoms with van der Waals surface area (Å²) in [7, 11) is 1.52. The first-order valence-corrected chi connectivity index (χ1v) is 10.1. The maximum atomic E-state index is 12.6. The first-order chi connectivity index (χ1) is 14.1. The van der Waals surface area contributed by atoms with Gasteiger partial charge in [-0.1, -0.05) is 35.0 Å². The minimum Gasteiger partial charge on any atom is -0.489 e. The van der Waals surface area contributed by atoms with Crippen LogP contribution in [0.3, 0.4) is 0 Å². The Morgan fingerprint density at radius 1 is 1.21 bits per heavy atom. The van der Waals surface area contributed by atoms with Gasteiger partial charge in [0.1, 0.15) is 12.8 Å². The second-order valence-electron chi connectivity index (χ2n) is 7.75. The zero-order chi connectivity index (χ0) is 20.2. The zero-order valence-corrected chi connectivity index (χ0v) is 16.9. The molecule has 152 valence electrons. The summed E-state index contributed by atoms with van der Waals surface area (Å²) in [5, 5.41) is 6.88. The van der Waals surface area contributed by atoms with Crippen LogP contribution in [0.4, 0.5) is 0 Å². The van der Waals surface area contributed by atoms with Crippen LogP contribution in [0.25, 0.3) is 11.3 Å². The van der Waals surface area contributed by atoms with E-state index in [4.69, 9.17) is 9.57 Å². The Bertz CT molecular complexity index is 903. The van der Waals surface area contributed by atoms with Gasteiger partial charge in [-0.15, -0.1) is 0 Å². The summed E-state index contributed by atoms with van der Waals surface area (Å²) in [6.45, 7) is 3.03. The zero-order valence-electron chi connectivity index (χ0n) is 16.9. The van der Waals surface area contributed by atoms with Gasteiger partial charge in [-0.2, -0.15) is 0 Å². The number of amides is 1. The number of benzene rings is 1. The molecule has 2 aliphatic carbocycles. The van der Waals surface area contributed by atoms with Crippen molar-refractivity contribution < 1.29 is 14.4 Å². The van der Waals surface area contributed by atoms with Crippen molar-refractivity contribution in [1.29, 1.82) is 0 Å². The van der Waals surface area contributed by atoms with E-state index in [2.05, 4.69) is 20.4 Å². The van der Waals surface area contributed by atoms with Gasteiger partial charge < -0.3 is 14.9 Å². The number of carbonyl (C=O) groups excluding carboxylic acids is 1. The van der Waals surface area contributed by atoms with E-state index in [1.54, 1.807) is 6.20 Å². The monoisotopic (exact) mass is 394 g/mol. The molecule has 29 heavy (non-hydrogen) atoms. The van der Waals surface area contributed by atoms with Crippen LogP contribution in [0, 0.1) is 18.8 Å². The van der Waals surface area contributed by atoms with E-state index in [-0.39, 0.29) is 11.7 Å². The van der Waals surface area contributed by atoms with E-state index in [0.29, 0.717) is 36.4 Å². The number of carbonyl (C=O) groups is 1. The largest absolute Gasteiger partial charge is 0.489 e. The first kappa shape index (κ1) is 19.4. The molecule has 7 heteroatoms. The number of hydrogen-bond acceptors (Lipinski definition) is 6. The lowest BCUT2D eigenvalue weighted by Crippen LogP contribution is -2.32. The Morgan fingerprint density at radius 2 is 1.97 bits per heavy atom. The van der Waals surface area contributed by atoms with Crippen molar-refractivity contribution in [2.75, 3.05) is 20.3 Å². The van der Waals surface area contributed by atoms with Crippen LogP contribution in [-0.2, 0) is 4.84 Å². The van der Waals surface area contributed by atoms with Crippen LogP contribution in [0.2, 0.25) is 0 Å². The van der Waals surface area contributed by atoms with Gasteiger partial charge in [-0.05, 0) is 38.5 Å². The highest BCUT2D eigenvalue weighted by Gasteiger charge is 2.29. The van der Waals surface area contributed by atoms with Gasteiger partial charge in [0.2, 0.25) is 5.82 Å². The number of ether oxygens (including phenoxy) is 1. The standard InChI is InChI=1S/C22H26N4O3/c1-14-3-7-17(8-4-14)20-19(29-13-15-5-6-15)12-23-21(25-20)22(27)24-11-18(26-28-2)16-9-10-16/h3-4,7-8,12,15-16H,5-6,9-11,13H2,1-2H3,(H,24,27). The average Bonchev–Trinajstić information content (AvgIpc) is 3.64. The fourth-order valence-electron chi connectivity index (χ4n) is 3.03. The summed E-state index contributed by atoms with van der Waals surface area (Å²) >= 11 is 0. The molecule has 0 saturated heterocycles. The molecule has 4 rings (SSSR count). The summed E-state index contributed by atoms with van der Waals surface area (Å²) in [5.41, 5.74) is 3.55. The molecular weight excluding hydrogens is 368 g/mol. The second-order valence-corrected chi connectivity index (χ2v) is 7.75. The third-order valence-electron chi connectivity index (χ3n) is 5.14. The quantitative estimate of drug-likeness (QED) is 0.520. The molecule has 0 unspecified atom stereocenters. The molecule has 1 aromatic carbocycles. The lowest BCUT2D eigenvalue weighted by atomic mass is 10.1. The van der Waals surface area contributed by atoms with Crippen molar-refractivity contribution in [2.45, 2.75) is 32.6 Å². The van der Waals surface area contributed by atoms with Crippen LogP contribution >= 0.6 is 0 Å². The van der Waals surface area contributed by atoms with Gasteiger partial charge in [0, 0.05) is 11.5 Å². The smallest absolute Gasteiger partial charge is 0.289 e. The SMILES string of the molecule is CON=C(CNC(=O)c1ncc(OCC2CC2)c(-c2ccc(C)cc2)n1)C1CC1. The van der Waals surface area contributed by atoms with Gasteiger partial charge in [0.15, 0.2) is 5.75 Å². The molecule has 1 amide bonds. The number of aromatic nitrogens is 2. The van der Waals surface area contributed by atoms with Crippen molar-refractivity contribution >= 4 is 11.6 Å². The molecule has 2 aromatic rings. The number of aryl methyl sites for hydroxylation is 1. The van der Waals surface area contributed by atoms with Gasteiger partial charge in [0.05, 0.1) is 25.1 Å². The normalized spacial score (nSPS) is 16.4. The molecular formula is C22H26N4O3. The molecule has 1 N–H and O–H groups in total. The minimum absolute atomic E-state index is 0.118. The summed E-state index contributed by atoms with van der Waals surface area (Å²) in [5.74, 6) is 1.41. The van der Waals surface area contributed by atoms with Crippen molar-refractivity contribution in [1.82, 2.24) is 15.3 Å². The third-order valence-corrected chi connectivity index (χ3v) is 5.14. The fraction of sp³-hybridized carbons (Fsp3) is 0.455. The molecule has 7 nitrogen and oxygen atoms in total. The third kappa shape index (κ3) is 5.10. The predicted octanol–water partition coefficient (Wildman–Crippen LogP) is 3.38. The lowest BCUT2D eigenvalue weighted by Gasteiger charge is -2.12. The van der Waals surface area contributed by atoms with Crippen molar-refractivity contribution in [3.8, 4) is 17.0 Å². The number of rotatable bonds is 9. The number of oxime groups is 1. The highest BCUT2D eigenvalue weighted by Crippen LogP contribution is 2.33. The summed E-state index contributed by atoms with van der Waals surface area (Å²) < 4.78 is 5.96. The summed E-state index contributed by atoms with van der Waals surface area (Å²) in [4.78, 5) is 26.3. The van der Waals surface area contributed by atoms with Gasteiger partial charge in [0.25, 0.3) is 5.91 Å². The fourth-order valence-corrected chi connectivity index (χ4v) is 3.03. The van der Waals surface area contributed by atoms with E-state index in [0.717, 1.165) is 29.7 Å². The van der Waals surface area contributed by atoms with Crippen molar-refractivity contribution in [3.63, 3.8) is 0 Å². The Hall–Kier alpha value is -2.96. The summed E-state index contributed by atoms with van der Waals surface area (Å²) in [6, 6.07) is 8.01. The Kier molecular flexibility index (Phi) is 5.74. The van der Waals surface area contributed by atoms with E-state index < -0.39 is 0 Å². The maximum absolute atomic E-state index is 12.6. The molecule has 1 aromatic heterocycles. The Morgan fingerprint density at radius 3 is 2.62 bits per heavy atom. The van der Waals surface area contributed by atoms with E-state index in [9.17, 15) is 4.79 Å². The molecule has 0 radical (unpaired) electrons. The van der Waals surface area contributed by atoms with E-state index >= 15 is 0 Å². The molecule has 2 saturated carbocycles. The van der Waals surface area contributed by atoms with Crippen LogP contribution in [0.1, 0.15) is 41.9 Å². The average molecular weight is 394 g/mol. The number of nitrogens with one attached hydrogen (secondary N) is 1. The number of nitrogens with zero attached hydrogens (tertiary/aromatic N) is 3. The molecule has 0 aliphatic heterocycles. The minimum atomic E-state index is -0.337. The predicted molar refractivity (Wildman–Crippen MR) is 110 cm³/mol. The Labute approximate surface area is 170 Å². The van der Waals surface area contributed by atoms with Gasteiger partial charge >= 0.3 is 0 Å². The topological polar surface area (TPSA) is 85.7 Å². The van der Waals surface area contributed by atoms with Crippen LogP contribution in [-0.4, -0.2) is 41.8 Å². The van der Waals surface area contributed by atoms with Crippen molar-refractivity contribution in [2.24, 2.45) is 17.0 Å². The molecule has 0 bridgehead atoms. The molecule has 2 aliphatic rings. The maximum Gasteiger partial charge on any atom is 0.289 e. The molecule has 2 fully saturated rings. The van der Waals surface area contributed by atoms with Crippen LogP contribution in [0.5, 0.6) is 5.75 Å². The summed E-state index contributed by atoms with van der Waals surface area (Å²) in [6.07, 6.45) is 6.17. The van der Waals surface area contributed by atoms with Crippen LogP contribution in [0.15, 0.2) is 35.6 Å².